The number of hydrogen-bond donors (Lipinski definition) is 0. The highest BCUT2D eigenvalue weighted by atomic mass is 16.6. The summed E-state index contributed by atoms with van der Waals surface area (Å²) in [4.78, 5) is 16.9. The van der Waals surface area contributed by atoms with Gasteiger partial charge in [0, 0.05) is 19.3 Å². The zero-order chi connectivity index (χ0) is 14.1. The summed E-state index contributed by atoms with van der Waals surface area (Å²) < 4.78 is 5.67. The van der Waals surface area contributed by atoms with E-state index in [0.717, 1.165) is 5.69 Å². The molecule has 2 aromatic rings. The highest BCUT2D eigenvalue weighted by Crippen LogP contribution is 2.43. The third kappa shape index (κ3) is 1.95. The molecular weight excluding hydrogens is 258 g/mol. The number of nitro benzene ring substituents is 1. The van der Waals surface area contributed by atoms with Gasteiger partial charge in [0.1, 0.15) is 18.4 Å². The van der Waals surface area contributed by atoms with Gasteiger partial charge in [0.05, 0.1) is 10.6 Å². The second kappa shape index (κ2) is 4.80. The van der Waals surface area contributed by atoms with E-state index in [4.69, 9.17) is 4.74 Å². The number of fused-ring (bicyclic) bond motifs is 1. The average Bonchev–Trinajstić information content (AvgIpc) is 2.48. The fourth-order valence-electron chi connectivity index (χ4n) is 2.42. The number of hydrogen-bond acceptors (Lipinski definition) is 5. The molecule has 20 heavy (non-hydrogen) atoms. The molecule has 0 radical (unpaired) electrons. The maximum absolute atomic E-state index is 11.2. The number of nitro groups is 1. The molecule has 0 fully saturated rings. The quantitative estimate of drug-likeness (QED) is 0.620. The van der Waals surface area contributed by atoms with E-state index in [-0.39, 0.29) is 16.7 Å². The maximum Gasteiger partial charge on any atom is 0.296 e. The van der Waals surface area contributed by atoms with Crippen molar-refractivity contribution in [1.82, 2.24) is 4.98 Å². The van der Waals surface area contributed by atoms with Crippen LogP contribution in [0.2, 0.25) is 0 Å². The maximum atomic E-state index is 11.2. The summed E-state index contributed by atoms with van der Waals surface area (Å²) in [5.41, 5.74) is 1.38. The van der Waals surface area contributed by atoms with Crippen LogP contribution in [0.15, 0.2) is 42.6 Å². The van der Waals surface area contributed by atoms with E-state index in [1.165, 1.54) is 6.07 Å². The molecule has 6 nitrogen and oxygen atoms in total. The van der Waals surface area contributed by atoms with Crippen LogP contribution in [-0.2, 0) is 0 Å². The van der Waals surface area contributed by atoms with Gasteiger partial charge in [-0.3, -0.25) is 15.1 Å². The van der Waals surface area contributed by atoms with E-state index in [0.29, 0.717) is 18.0 Å². The van der Waals surface area contributed by atoms with Crippen molar-refractivity contribution >= 4 is 11.4 Å². The Morgan fingerprint density at radius 1 is 1.35 bits per heavy atom. The third-order valence-electron chi connectivity index (χ3n) is 3.42. The van der Waals surface area contributed by atoms with Crippen LogP contribution in [0, 0.1) is 10.1 Å². The zero-order valence-electron chi connectivity index (χ0n) is 10.9. The fourth-order valence-corrected chi connectivity index (χ4v) is 2.42. The predicted molar refractivity (Wildman–Crippen MR) is 74.0 cm³/mol. The highest BCUT2D eigenvalue weighted by molar-refractivity contribution is 5.72. The summed E-state index contributed by atoms with van der Waals surface area (Å²) in [5.74, 6) is 0.536. The summed E-state index contributed by atoms with van der Waals surface area (Å²) in [7, 11) is 1.83. The number of rotatable bonds is 2. The second-order valence-electron chi connectivity index (χ2n) is 4.57. The first-order valence-corrected chi connectivity index (χ1v) is 6.22. The monoisotopic (exact) mass is 271 g/mol. The normalized spacial score (nSPS) is 17.2. The summed E-state index contributed by atoms with van der Waals surface area (Å²) in [6, 6.07) is 10.3. The Balaban J connectivity index is 2.06. The van der Waals surface area contributed by atoms with Gasteiger partial charge >= 0.3 is 0 Å². The molecule has 1 atom stereocenters. The number of pyridine rings is 1. The molecule has 0 N–H and O–H groups in total. The van der Waals surface area contributed by atoms with E-state index in [1.807, 2.05) is 30.1 Å². The molecule has 0 saturated carbocycles. The largest absolute Gasteiger partial charge is 0.489 e. The first-order valence-electron chi connectivity index (χ1n) is 6.22. The van der Waals surface area contributed by atoms with E-state index in [1.54, 1.807) is 18.3 Å². The van der Waals surface area contributed by atoms with Crippen LogP contribution in [0.4, 0.5) is 11.4 Å². The lowest BCUT2D eigenvalue weighted by atomic mass is 10.1. The predicted octanol–water partition coefficient (Wildman–Crippen LogP) is 2.56. The molecule has 1 aliphatic rings. The smallest absolute Gasteiger partial charge is 0.296 e. The van der Waals surface area contributed by atoms with Crippen molar-refractivity contribution in [1.29, 1.82) is 0 Å². The zero-order valence-corrected chi connectivity index (χ0v) is 10.9. The number of nitrogens with zero attached hydrogens (tertiary/aromatic N) is 3. The molecule has 0 aliphatic carbocycles. The molecule has 2 heterocycles. The van der Waals surface area contributed by atoms with Crippen molar-refractivity contribution in [3.63, 3.8) is 0 Å². The number of benzene rings is 1. The minimum Gasteiger partial charge on any atom is -0.489 e. The van der Waals surface area contributed by atoms with E-state index in [2.05, 4.69) is 4.98 Å². The number of para-hydroxylation sites is 1. The van der Waals surface area contributed by atoms with Gasteiger partial charge in [-0.25, -0.2) is 0 Å². The summed E-state index contributed by atoms with van der Waals surface area (Å²) in [6.45, 7) is 0.418. The van der Waals surface area contributed by atoms with Gasteiger partial charge in [-0.1, -0.05) is 12.1 Å². The van der Waals surface area contributed by atoms with Crippen molar-refractivity contribution in [2.75, 3.05) is 18.6 Å². The fraction of sp³-hybridized carbons (Fsp3) is 0.214. The van der Waals surface area contributed by atoms with Crippen molar-refractivity contribution in [2.45, 2.75) is 6.04 Å². The molecule has 0 saturated heterocycles. The van der Waals surface area contributed by atoms with Gasteiger partial charge in [0.25, 0.3) is 5.69 Å². The molecule has 1 aromatic heterocycles. The number of likely N-dealkylation sites (N-methyl/N-ethyl adjacent to an activating group) is 1. The molecule has 0 amide bonds. The van der Waals surface area contributed by atoms with Crippen LogP contribution in [0.25, 0.3) is 0 Å². The van der Waals surface area contributed by atoms with Gasteiger partial charge in [-0.15, -0.1) is 0 Å². The van der Waals surface area contributed by atoms with Gasteiger partial charge in [0.2, 0.25) is 0 Å². The third-order valence-corrected chi connectivity index (χ3v) is 3.42. The van der Waals surface area contributed by atoms with Gasteiger partial charge in [-0.2, -0.15) is 0 Å². The van der Waals surface area contributed by atoms with Crippen molar-refractivity contribution in [3.05, 3.63) is 58.4 Å². The van der Waals surface area contributed by atoms with Gasteiger partial charge < -0.3 is 9.64 Å². The topological polar surface area (TPSA) is 68.5 Å². The van der Waals surface area contributed by atoms with Crippen molar-refractivity contribution in [2.24, 2.45) is 0 Å². The van der Waals surface area contributed by atoms with Crippen LogP contribution in [0.3, 0.4) is 0 Å². The Kier molecular flexibility index (Phi) is 2.98. The first kappa shape index (κ1) is 12.4. The average molecular weight is 271 g/mol. The number of aromatic nitrogens is 1. The van der Waals surface area contributed by atoms with Crippen LogP contribution < -0.4 is 9.64 Å². The van der Waals surface area contributed by atoms with Crippen LogP contribution >= 0.6 is 0 Å². The van der Waals surface area contributed by atoms with Crippen LogP contribution in [-0.4, -0.2) is 23.6 Å². The Labute approximate surface area is 115 Å². The molecule has 1 aromatic carbocycles. The SMILES string of the molecule is CN1c2c(cccc2[N+](=O)[O-])OCC1c1ccccn1. The molecule has 1 aliphatic heterocycles. The minimum atomic E-state index is -0.389. The highest BCUT2D eigenvalue weighted by Gasteiger charge is 2.32. The Morgan fingerprint density at radius 2 is 2.20 bits per heavy atom. The molecule has 0 spiro atoms. The first-order chi connectivity index (χ1) is 9.68. The van der Waals surface area contributed by atoms with E-state index < -0.39 is 0 Å². The molecule has 1 unspecified atom stereocenters. The van der Waals surface area contributed by atoms with Gasteiger partial charge in [0.15, 0.2) is 5.69 Å². The Morgan fingerprint density at radius 3 is 2.90 bits per heavy atom. The summed E-state index contributed by atoms with van der Waals surface area (Å²) in [5, 5.41) is 11.2. The van der Waals surface area contributed by atoms with E-state index >= 15 is 0 Å². The molecule has 0 bridgehead atoms. The standard InChI is InChI=1S/C14H13N3O3/c1-16-12(10-5-2-3-8-15-10)9-20-13-7-4-6-11(14(13)16)17(18)19/h2-8,12H,9H2,1H3. The second-order valence-corrected chi connectivity index (χ2v) is 4.57. The van der Waals surface area contributed by atoms with Crippen molar-refractivity contribution < 1.29 is 9.66 Å². The Hall–Kier alpha value is -2.63. The molecular formula is C14H13N3O3. The van der Waals surface area contributed by atoms with Crippen molar-refractivity contribution in [3.8, 4) is 5.75 Å². The summed E-state index contributed by atoms with van der Waals surface area (Å²) in [6.07, 6.45) is 1.71. The molecule has 6 heteroatoms. The molecule has 3 rings (SSSR count). The lowest BCUT2D eigenvalue weighted by Gasteiger charge is -2.34. The number of anilines is 1. The van der Waals surface area contributed by atoms with E-state index in [9.17, 15) is 10.1 Å². The molecule has 102 valence electrons. The number of ether oxygens (including phenoxy) is 1. The lowest BCUT2D eigenvalue weighted by Crippen LogP contribution is -2.34. The van der Waals surface area contributed by atoms with Crippen LogP contribution in [0.5, 0.6) is 5.75 Å². The Bertz CT molecular complexity index is 645. The van der Waals surface area contributed by atoms with Gasteiger partial charge in [-0.05, 0) is 18.2 Å². The summed E-state index contributed by atoms with van der Waals surface area (Å²) >= 11 is 0. The van der Waals surface area contributed by atoms with Crippen LogP contribution in [0.1, 0.15) is 11.7 Å². The minimum absolute atomic E-state index is 0.0469. The lowest BCUT2D eigenvalue weighted by molar-refractivity contribution is -0.384.